The van der Waals surface area contributed by atoms with Crippen molar-refractivity contribution in [1.29, 1.82) is 0 Å². The van der Waals surface area contributed by atoms with E-state index < -0.39 is 0 Å². The summed E-state index contributed by atoms with van der Waals surface area (Å²) in [6.07, 6.45) is 4.48. The lowest BCUT2D eigenvalue weighted by molar-refractivity contribution is 0.100. The molecule has 1 saturated heterocycles. The lowest BCUT2D eigenvalue weighted by Gasteiger charge is -2.44. The van der Waals surface area contributed by atoms with E-state index in [0.29, 0.717) is 11.5 Å². The van der Waals surface area contributed by atoms with E-state index in [-0.39, 0.29) is 5.54 Å². The van der Waals surface area contributed by atoms with Crippen molar-refractivity contribution in [1.82, 2.24) is 0 Å². The molecule has 2 saturated carbocycles. The van der Waals surface area contributed by atoms with Gasteiger partial charge in [-0.1, -0.05) is 25.6 Å². The minimum absolute atomic E-state index is 0.0995. The average molecular weight is 253 g/mol. The van der Waals surface area contributed by atoms with Crippen molar-refractivity contribution in [2.45, 2.75) is 58.6 Å². The summed E-state index contributed by atoms with van der Waals surface area (Å²) in [6.45, 7) is 9.30. The molecule has 0 N–H and O–H groups in total. The Hall–Kier alpha value is -0.180. The van der Waals surface area contributed by atoms with Gasteiger partial charge in [0.25, 0.3) is 0 Å². The summed E-state index contributed by atoms with van der Waals surface area (Å²) in [4.78, 5) is 5.05. The fraction of sp³-hybridized carbons (Fsp3) is 0.929. The molecule has 0 aromatic heterocycles. The fourth-order valence-corrected chi connectivity index (χ4v) is 4.93. The molecule has 2 bridgehead atoms. The van der Waals surface area contributed by atoms with Gasteiger partial charge in [-0.3, -0.25) is 0 Å². The summed E-state index contributed by atoms with van der Waals surface area (Å²) in [5.41, 5.74) is 0.432. The monoisotopic (exact) mass is 253 g/mol. The third-order valence-corrected chi connectivity index (χ3v) is 6.69. The summed E-state index contributed by atoms with van der Waals surface area (Å²) < 4.78 is 5.80. The Morgan fingerprint density at radius 1 is 1.24 bits per heavy atom. The number of nitrogens with zero attached hydrogens (tertiary/aromatic N) is 1. The van der Waals surface area contributed by atoms with Crippen LogP contribution >= 0.6 is 11.8 Å². The topological polar surface area (TPSA) is 21.6 Å². The molecule has 0 aromatic carbocycles. The van der Waals surface area contributed by atoms with Crippen molar-refractivity contribution in [2.75, 3.05) is 5.75 Å². The molecule has 2 nitrogen and oxygen atoms in total. The molecule has 0 radical (unpaired) electrons. The number of hydrogen-bond acceptors (Lipinski definition) is 3. The predicted molar refractivity (Wildman–Crippen MR) is 73.5 cm³/mol. The smallest absolute Gasteiger partial charge is 0.246 e. The maximum atomic E-state index is 5.80. The molecule has 3 heteroatoms. The first-order chi connectivity index (χ1) is 7.93. The lowest BCUT2D eigenvalue weighted by Crippen LogP contribution is -2.45. The van der Waals surface area contributed by atoms with Crippen LogP contribution in [0.15, 0.2) is 4.99 Å². The van der Waals surface area contributed by atoms with Crippen LogP contribution in [0.25, 0.3) is 0 Å². The number of ether oxygens (including phenoxy) is 1. The molecular weight excluding hydrogens is 230 g/mol. The number of hydrogen-bond donors (Lipinski definition) is 0. The zero-order valence-electron chi connectivity index (χ0n) is 11.3. The molecule has 4 atom stereocenters. The predicted octanol–water partition coefficient (Wildman–Crippen LogP) is 3.71. The van der Waals surface area contributed by atoms with Gasteiger partial charge in [-0.2, -0.15) is 0 Å². The van der Waals surface area contributed by atoms with Crippen molar-refractivity contribution < 1.29 is 4.74 Å². The summed E-state index contributed by atoms with van der Waals surface area (Å²) >= 11 is 1.79. The van der Waals surface area contributed by atoms with Crippen LogP contribution in [0.1, 0.15) is 47.0 Å². The molecule has 0 unspecified atom stereocenters. The van der Waals surface area contributed by atoms with Gasteiger partial charge in [-0.25, -0.2) is 4.99 Å². The van der Waals surface area contributed by atoms with E-state index >= 15 is 0 Å². The van der Waals surface area contributed by atoms with Gasteiger partial charge in [0.05, 0.1) is 5.54 Å². The van der Waals surface area contributed by atoms with E-state index in [1.807, 2.05) is 0 Å². The van der Waals surface area contributed by atoms with Crippen LogP contribution in [0, 0.1) is 17.3 Å². The van der Waals surface area contributed by atoms with E-state index in [4.69, 9.17) is 9.73 Å². The van der Waals surface area contributed by atoms with Gasteiger partial charge in [-0.05, 0) is 50.4 Å². The normalized spacial score (nSPS) is 49.9. The summed E-state index contributed by atoms with van der Waals surface area (Å²) in [5.74, 6) is 2.70. The second-order valence-corrected chi connectivity index (χ2v) is 7.66. The maximum absolute atomic E-state index is 5.80. The van der Waals surface area contributed by atoms with Gasteiger partial charge in [0.1, 0.15) is 6.10 Å². The van der Waals surface area contributed by atoms with E-state index in [1.165, 1.54) is 19.3 Å². The third kappa shape index (κ3) is 1.57. The van der Waals surface area contributed by atoms with Gasteiger partial charge in [-0.15, -0.1) is 0 Å². The lowest BCUT2D eigenvalue weighted by atomic mass is 9.64. The Balaban J connectivity index is 1.91. The van der Waals surface area contributed by atoms with Crippen molar-refractivity contribution in [2.24, 2.45) is 22.2 Å². The summed E-state index contributed by atoms with van der Waals surface area (Å²) in [6, 6.07) is 0. The zero-order chi connectivity index (χ0) is 12.3. The Labute approximate surface area is 109 Å². The number of thioether (sulfide) groups is 1. The van der Waals surface area contributed by atoms with Crippen LogP contribution in [0.5, 0.6) is 0 Å². The molecule has 3 rings (SSSR count). The zero-order valence-corrected chi connectivity index (χ0v) is 12.1. The van der Waals surface area contributed by atoms with Crippen molar-refractivity contribution >= 4 is 17.0 Å². The second kappa shape index (κ2) is 3.66. The highest BCUT2D eigenvalue weighted by Crippen LogP contribution is 2.63. The highest BCUT2D eigenvalue weighted by atomic mass is 32.2. The molecule has 96 valence electrons. The van der Waals surface area contributed by atoms with Crippen LogP contribution < -0.4 is 0 Å². The molecule has 3 fully saturated rings. The Kier molecular flexibility index (Phi) is 2.56. The summed E-state index contributed by atoms with van der Waals surface area (Å²) in [5, 5.41) is 0.945. The van der Waals surface area contributed by atoms with Crippen molar-refractivity contribution in [3.8, 4) is 0 Å². The standard InChI is InChI=1S/C14H23NOS/c1-9-8-17-12(16-9)15-14(4)11-6-5-10(7-11)13(14,2)3/h9-11H,5-8H2,1-4H3/t9-,10-,11-,14+/m0/s1. The van der Waals surface area contributed by atoms with Gasteiger partial charge < -0.3 is 4.74 Å². The van der Waals surface area contributed by atoms with Crippen LogP contribution in [0.4, 0.5) is 0 Å². The van der Waals surface area contributed by atoms with Gasteiger partial charge in [0, 0.05) is 5.75 Å². The first kappa shape index (κ1) is 11.9. The maximum Gasteiger partial charge on any atom is 0.246 e. The van der Waals surface area contributed by atoms with Crippen molar-refractivity contribution in [3.63, 3.8) is 0 Å². The van der Waals surface area contributed by atoms with E-state index in [2.05, 4.69) is 27.7 Å². The quantitative estimate of drug-likeness (QED) is 0.710. The number of aliphatic imine (C=N–C) groups is 1. The highest BCUT2D eigenvalue weighted by molar-refractivity contribution is 8.13. The van der Waals surface area contributed by atoms with Crippen molar-refractivity contribution in [3.05, 3.63) is 0 Å². The molecule has 0 amide bonds. The highest BCUT2D eigenvalue weighted by Gasteiger charge is 2.60. The number of rotatable bonds is 1. The Morgan fingerprint density at radius 3 is 2.47 bits per heavy atom. The molecule has 0 aromatic rings. The first-order valence-electron chi connectivity index (χ1n) is 6.83. The Morgan fingerprint density at radius 2 is 1.94 bits per heavy atom. The molecule has 1 heterocycles. The van der Waals surface area contributed by atoms with Crippen LogP contribution in [0.2, 0.25) is 0 Å². The van der Waals surface area contributed by atoms with E-state index in [0.717, 1.165) is 22.8 Å². The first-order valence-corrected chi connectivity index (χ1v) is 7.81. The van der Waals surface area contributed by atoms with Gasteiger partial charge >= 0.3 is 0 Å². The minimum atomic E-state index is 0.0995. The van der Waals surface area contributed by atoms with E-state index in [1.54, 1.807) is 11.8 Å². The molecule has 17 heavy (non-hydrogen) atoms. The van der Waals surface area contributed by atoms with Gasteiger partial charge in [0.15, 0.2) is 0 Å². The molecule has 1 aliphatic heterocycles. The summed E-state index contributed by atoms with van der Waals surface area (Å²) in [7, 11) is 0. The molecule has 0 spiro atoms. The van der Waals surface area contributed by atoms with Crippen LogP contribution in [0.3, 0.4) is 0 Å². The Bertz CT molecular complexity index is 365. The molecule has 3 aliphatic rings. The van der Waals surface area contributed by atoms with Crippen LogP contribution in [-0.2, 0) is 4.74 Å². The number of fused-ring (bicyclic) bond motifs is 2. The van der Waals surface area contributed by atoms with E-state index in [9.17, 15) is 0 Å². The third-order valence-electron chi connectivity index (χ3n) is 5.62. The largest absolute Gasteiger partial charge is 0.469 e. The fourth-order valence-electron chi connectivity index (χ4n) is 4.00. The SMILES string of the molecule is C[C@H]1CSC(=N[C@]2(C)[C@H]3CC[C@@H](C3)C2(C)C)O1. The van der Waals surface area contributed by atoms with Crippen LogP contribution in [-0.4, -0.2) is 22.6 Å². The minimum Gasteiger partial charge on any atom is -0.469 e. The average Bonchev–Trinajstić information content (AvgIpc) is 2.88. The second-order valence-electron chi connectivity index (χ2n) is 6.69. The molecular formula is C14H23NOS. The van der Waals surface area contributed by atoms with Gasteiger partial charge in [0.2, 0.25) is 5.23 Å². The molecule has 2 aliphatic carbocycles.